The standard InChI is InChI=1S/C12H20N2O3/c15-8-9-4-2-1-3-7-14(9)12(17)10-5-6-11(16)13-10/h9-10,15H,1-8H2,(H,13,16). The molecule has 96 valence electrons. The summed E-state index contributed by atoms with van der Waals surface area (Å²) in [4.78, 5) is 25.2. The third-order valence-corrected chi connectivity index (χ3v) is 3.66. The lowest BCUT2D eigenvalue weighted by Gasteiger charge is -2.30. The highest BCUT2D eigenvalue weighted by Gasteiger charge is 2.34. The van der Waals surface area contributed by atoms with E-state index in [2.05, 4.69) is 5.32 Å². The Balaban J connectivity index is 2.02. The van der Waals surface area contributed by atoms with E-state index in [9.17, 15) is 14.7 Å². The number of hydrogen-bond acceptors (Lipinski definition) is 3. The van der Waals surface area contributed by atoms with Gasteiger partial charge in [0.25, 0.3) is 0 Å². The van der Waals surface area contributed by atoms with Crippen molar-refractivity contribution in [2.45, 2.75) is 50.6 Å². The molecule has 2 heterocycles. The molecule has 2 N–H and O–H groups in total. The van der Waals surface area contributed by atoms with Crippen molar-refractivity contribution in [2.75, 3.05) is 13.2 Å². The first kappa shape index (κ1) is 12.4. The number of rotatable bonds is 2. The molecule has 2 rings (SSSR count). The second-order valence-corrected chi connectivity index (χ2v) is 4.88. The van der Waals surface area contributed by atoms with Gasteiger partial charge in [0, 0.05) is 13.0 Å². The van der Waals surface area contributed by atoms with Gasteiger partial charge in [-0.25, -0.2) is 0 Å². The minimum atomic E-state index is -0.366. The summed E-state index contributed by atoms with van der Waals surface area (Å²) in [6.07, 6.45) is 5.05. The molecule has 0 radical (unpaired) electrons. The summed E-state index contributed by atoms with van der Waals surface area (Å²) in [6, 6.07) is -0.433. The zero-order valence-corrected chi connectivity index (χ0v) is 10.0. The highest BCUT2D eigenvalue weighted by Crippen LogP contribution is 2.19. The van der Waals surface area contributed by atoms with E-state index in [4.69, 9.17) is 0 Å². The first-order valence-electron chi connectivity index (χ1n) is 6.43. The van der Waals surface area contributed by atoms with Crippen LogP contribution in [-0.2, 0) is 9.59 Å². The molecule has 2 amide bonds. The Hall–Kier alpha value is -1.10. The van der Waals surface area contributed by atoms with Gasteiger partial charge < -0.3 is 15.3 Å². The molecule has 0 aliphatic carbocycles. The van der Waals surface area contributed by atoms with Gasteiger partial charge in [0.2, 0.25) is 11.8 Å². The van der Waals surface area contributed by atoms with Crippen molar-refractivity contribution < 1.29 is 14.7 Å². The molecule has 5 nitrogen and oxygen atoms in total. The second kappa shape index (κ2) is 5.49. The van der Waals surface area contributed by atoms with E-state index in [1.165, 1.54) is 0 Å². The van der Waals surface area contributed by atoms with E-state index >= 15 is 0 Å². The van der Waals surface area contributed by atoms with Crippen LogP contribution in [0.2, 0.25) is 0 Å². The van der Waals surface area contributed by atoms with Crippen molar-refractivity contribution in [1.82, 2.24) is 10.2 Å². The highest BCUT2D eigenvalue weighted by atomic mass is 16.3. The minimum Gasteiger partial charge on any atom is -0.394 e. The molecule has 0 bridgehead atoms. The molecule has 0 aromatic rings. The van der Waals surface area contributed by atoms with Gasteiger partial charge in [0.1, 0.15) is 6.04 Å². The van der Waals surface area contributed by atoms with Gasteiger partial charge >= 0.3 is 0 Å². The van der Waals surface area contributed by atoms with E-state index in [1.54, 1.807) is 4.90 Å². The highest BCUT2D eigenvalue weighted by molar-refractivity contribution is 5.91. The third kappa shape index (κ3) is 2.77. The van der Waals surface area contributed by atoms with Gasteiger partial charge in [-0.15, -0.1) is 0 Å². The molecule has 17 heavy (non-hydrogen) atoms. The fraction of sp³-hybridized carbons (Fsp3) is 0.833. The van der Waals surface area contributed by atoms with Crippen LogP contribution in [0.1, 0.15) is 38.5 Å². The number of aliphatic hydroxyl groups excluding tert-OH is 1. The van der Waals surface area contributed by atoms with E-state index in [1.807, 2.05) is 0 Å². The smallest absolute Gasteiger partial charge is 0.245 e. The molecule has 2 aliphatic rings. The third-order valence-electron chi connectivity index (χ3n) is 3.66. The summed E-state index contributed by atoms with van der Waals surface area (Å²) in [6.45, 7) is 0.725. The maximum absolute atomic E-state index is 12.3. The monoisotopic (exact) mass is 240 g/mol. The van der Waals surface area contributed by atoms with Crippen LogP contribution in [-0.4, -0.2) is 47.1 Å². The molecule has 0 spiro atoms. The lowest BCUT2D eigenvalue weighted by Crippen LogP contribution is -2.50. The Labute approximate surface area is 101 Å². The SMILES string of the molecule is O=C1CCC(C(=O)N2CCCCCC2CO)N1. The van der Waals surface area contributed by atoms with E-state index in [0.29, 0.717) is 19.4 Å². The fourth-order valence-corrected chi connectivity index (χ4v) is 2.66. The molecule has 2 fully saturated rings. The van der Waals surface area contributed by atoms with Crippen LogP contribution < -0.4 is 5.32 Å². The average molecular weight is 240 g/mol. The minimum absolute atomic E-state index is 0.0169. The molecule has 2 atom stereocenters. The van der Waals surface area contributed by atoms with Crippen LogP contribution in [0.3, 0.4) is 0 Å². The molecule has 2 unspecified atom stereocenters. The van der Waals surface area contributed by atoms with Gasteiger partial charge in [-0.05, 0) is 19.3 Å². The summed E-state index contributed by atoms with van der Waals surface area (Å²) < 4.78 is 0. The summed E-state index contributed by atoms with van der Waals surface area (Å²) in [5.41, 5.74) is 0. The number of amides is 2. The summed E-state index contributed by atoms with van der Waals surface area (Å²) in [5, 5.41) is 12.1. The van der Waals surface area contributed by atoms with Crippen molar-refractivity contribution in [3.63, 3.8) is 0 Å². The normalized spacial score (nSPS) is 29.9. The maximum Gasteiger partial charge on any atom is 0.245 e. The maximum atomic E-state index is 12.3. The predicted molar refractivity (Wildman–Crippen MR) is 62.2 cm³/mol. The van der Waals surface area contributed by atoms with Gasteiger partial charge in [-0.3, -0.25) is 9.59 Å². The molecule has 2 aliphatic heterocycles. The van der Waals surface area contributed by atoms with Gasteiger partial charge in [0.15, 0.2) is 0 Å². The van der Waals surface area contributed by atoms with Crippen molar-refractivity contribution in [2.24, 2.45) is 0 Å². The predicted octanol–water partition coefficient (Wildman–Crippen LogP) is 0.0285. The molecular weight excluding hydrogens is 220 g/mol. The Morgan fingerprint density at radius 2 is 2.18 bits per heavy atom. The van der Waals surface area contributed by atoms with Crippen molar-refractivity contribution >= 4 is 11.8 Å². The number of nitrogens with one attached hydrogen (secondary N) is 1. The Kier molecular flexibility index (Phi) is 3.99. The number of hydrogen-bond donors (Lipinski definition) is 2. The van der Waals surface area contributed by atoms with Crippen LogP contribution in [0.25, 0.3) is 0 Å². The number of carbonyl (C=O) groups is 2. The van der Waals surface area contributed by atoms with Crippen LogP contribution >= 0.6 is 0 Å². The molecule has 2 saturated heterocycles. The van der Waals surface area contributed by atoms with Crippen molar-refractivity contribution in [3.8, 4) is 0 Å². The van der Waals surface area contributed by atoms with Crippen LogP contribution in [0.15, 0.2) is 0 Å². The summed E-state index contributed by atoms with van der Waals surface area (Å²) >= 11 is 0. The Bertz CT molecular complexity index is 306. The largest absolute Gasteiger partial charge is 0.394 e. The van der Waals surface area contributed by atoms with Crippen LogP contribution in [0.4, 0.5) is 0 Å². The Morgan fingerprint density at radius 1 is 1.35 bits per heavy atom. The topological polar surface area (TPSA) is 69.6 Å². The number of carbonyl (C=O) groups excluding carboxylic acids is 2. The summed E-state index contributed by atoms with van der Waals surface area (Å²) in [5.74, 6) is -0.0597. The zero-order chi connectivity index (χ0) is 12.3. The second-order valence-electron chi connectivity index (χ2n) is 4.88. The fourth-order valence-electron chi connectivity index (χ4n) is 2.66. The molecular formula is C12H20N2O3. The number of nitrogens with zero attached hydrogens (tertiary/aromatic N) is 1. The van der Waals surface area contributed by atoms with E-state index in [-0.39, 0.29) is 30.5 Å². The quantitative estimate of drug-likeness (QED) is 0.715. The Morgan fingerprint density at radius 3 is 2.82 bits per heavy atom. The average Bonchev–Trinajstić information content (AvgIpc) is 2.64. The molecule has 0 aromatic heterocycles. The van der Waals surface area contributed by atoms with Crippen molar-refractivity contribution in [3.05, 3.63) is 0 Å². The first-order chi connectivity index (χ1) is 8.22. The number of aliphatic hydroxyl groups is 1. The zero-order valence-electron chi connectivity index (χ0n) is 10.0. The van der Waals surface area contributed by atoms with Gasteiger partial charge in [-0.1, -0.05) is 12.8 Å². The lowest BCUT2D eigenvalue weighted by atomic mass is 10.1. The van der Waals surface area contributed by atoms with Gasteiger partial charge in [0.05, 0.1) is 12.6 Å². The van der Waals surface area contributed by atoms with E-state index < -0.39 is 0 Å². The first-order valence-corrected chi connectivity index (χ1v) is 6.43. The van der Waals surface area contributed by atoms with E-state index in [0.717, 1.165) is 25.7 Å². The van der Waals surface area contributed by atoms with Crippen LogP contribution in [0.5, 0.6) is 0 Å². The molecule has 0 aromatic carbocycles. The van der Waals surface area contributed by atoms with Gasteiger partial charge in [-0.2, -0.15) is 0 Å². The molecule has 0 saturated carbocycles. The molecule has 5 heteroatoms. The van der Waals surface area contributed by atoms with Crippen LogP contribution in [0, 0.1) is 0 Å². The number of likely N-dealkylation sites (tertiary alicyclic amines) is 1. The summed E-state index contributed by atoms with van der Waals surface area (Å²) in [7, 11) is 0. The van der Waals surface area contributed by atoms with Crippen molar-refractivity contribution in [1.29, 1.82) is 0 Å². The lowest BCUT2D eigenvalue weighted by molar-refractivity contribution is -0.137.